The summed E-state index contributed by atoms with van der Waals surface area (Å²) in [7, 11) is 1.74. The summed E-state index contributed by atoms with van der Waals surface area (Å²) in [6, 6.07) is 16.8. The topological polar surface area (TPSA) is 21.3 Å². The van der Waals surface area contributed by atoms with Gasteiger partial charge in [0.1, 0.15) is 0 Å². The molecule has 0 aliphatic rings. The van der Waals surface area contributed by atoms with Crippen LogP contribution in [0.2, 0.25) is 5.02 Å². The van der Waals surface area contributed by atoms with Crippen molar-refractivity contribution in [1.29, 1.82) is 0 Å². The van der Waals surface area contributed by atoms with Crippen LogP contribution >= 0.6 is 11.6 Å². The zero-order valence-corrected chi connectivity index (χ0v) is 13.4. The second-order valence-corrected chi connectivity index (χ2v) is 5.71. The highest BCUT2D eigenvalue weighted by molar-refractivity contribution is 6.30. The van der Waals surface area contributed by atoms with Gasteiger partial charge in [0.15, 0.2) is 0 Å². The first-order chi connectivity index (χ1) is 10.2. The largest absolute Gasteiger partial charge is 0.384 e. The van der Waals surface area contributed by atoms with Crippen molar-refractivity contribution in [1.82, 2.24) is 0 Å². The van der Waals surface area contributed by atoms with Gasteiger partial charge in [-0.05, 0) is 49.1 Å². The van der Waals surface area contributed by atoms with Crippen LogP contribution in [-0.2, 0) is 17.6 Å². The first-order valence-corrected chi connectivity index (χ1v) is 7.64. The average molecular weight is 304 g/mol. The van der Waals surface area contributed by atoms with E-state index in [4.69, 9.17) is 16.3 Å². The zero-order chi connectivity index (χ0) is 15.1. The molecule has 0 aliphatic heterocycles. The Labute approximate surface area is 132 Å². The number of methoxy groups -OCH3 is 1. The summed E-state index contributed by atoms with van der Waals surface area (Å²) in [5.74, 6) is 0. The first kappa shape index (κ1) is 15.9. The molecule has 112 valence electrons. The van der Waals surface area contributed by atoms with E-state index in [2.05, 4.69) is 48.6 Å². The molecule has 1 unspecified atom stereocenters. The molecular formula is C18H22ClNO. The molecule has 1 N–H and O–H groups in total. The lowest BCUT2D eigenvalue weighted by Crippen LogP contribution is -2.19. The maximum absolute atomic E-state index is 5.92. The molecule has 0 fully saturated rings. The molecule has 2 aromatic rings. The first-order valence-electron chi connectivity index (χ1n) is 7.27. The molecular weight excluding hydrogens is 282 g/mol. The van der Waals surface area contributed by atoms with Gasteiger partial charge in [-0.3, -0.25) is 0 Å². The van der Waals surface area contributed by atoms with Crippen LogP contribution in [-0.4, -0.2) is 19.8 Å². The Balaban J connectivity index is 1.98. The highest BCUT2D eigenvalue weighted by Crippen LogP contribution is 2.18. The molecule has 0 saturated carbocycles. The van der Waals surface area contributed by atoms with Gasteiger partial charge in [-0.2, -0.15) is 0 Å². The predicted molar refractivity (Wildman–Crippen MR) is 90.3 cm³/mol. The third kappa shape index (κ3) is 5.07. The fourth-order valence-electron chi connectivity index (χ4n) is 2.38. The van der Waals surface area contributed by atoms with Crippen molar-refractivity contribution in [2.24, 2.45) is 0 Å². The fourth-order valence-corrected chi connectivity index (χ4v) is 2.51. The molecule has 1 atom stereocenters. The minimum Gasteiger partial charge on any atom is -0.384 e. The number of halogens is 1. The third-order valence-corrected chi connectivity index (χ3v) is 3.70. The molecule has 0 saturated heterocycles. The van der Waals surface area contributed by atoms with Crippen molar-refractivity contribution in [2.45, 2.75) is 25.8 Å². The summed E-state index contributed by atoms with van der Waals surface area (Å²) < 4.78 is 5.17. The van der Waals surface area contributed by atoms with Crippen LogP contribution in [0.1, 0.15) is 18.1 Å². The Kier molecular flexibility index (Phi) is 6.09. The molecule has 2 aromatic carbocycles. The van der Waals surface area contributed by atoms with E-state index >= 15 is 0 Å². The molecule has 0 amide bonds. The van der Waals surface area contributed by atoms with Crippen molar-refractivity contribution in [3.8, 4) is 0 Å². The quantitative estimate of drug-likeness (QED) is 0.809. The summed E-state index contributed by atoms with van der Waals surface area (Å²) in [4.78, 5) is 0. The van der Waals surface area contributed by atoms with E-state index in [-0.39, 0.29) is 0 Å². The Hall–Kier alpha value is -1.51. The number of ether oxygens (including phenoxy) is 1. The molecule has 2 rings (SSSR count). The van der Waals surface area contributed by atoms with Gasteiger partial charge in [0, 0.05) is 23.9 Å². The maximum Gasteiger partial charge on any atom is 0.0503 e. The Morgan fingerprint density at radius 3 is 2.52 bits per heavy atom. The molecule has 0 radical (unpaired) electrons. The summed E-state index contributed by atoms with van der Waals surface area (Å²) in [6.07, 6.45) is 1.89. The van der Waals surface area contributed by atoms with Crippen LogP contribution in [0, 0.1) is 0 Å². The fraction of sp³-hybridized carbons (Fsp3) is 0.333. The highest BCUT2D eigenvalue weighted by atomic mass is 35.5. The van der Waals surface area contributed by atoms with Gasteiger partial charge in [0.05, 0.1) is 6.61 Å². The van der Waals surface area contributed by atoms with Gasteiger partial charge in [-0.1, -0.05) is 41.9 Å². The van der Waals surface area contributed by atoms with Gasteiger partial charge in [-0.15, -0.1) is 0 Å². The highest BCUT2D eigenvalue weighted by Gasteiger charge is 2.07. The van der Waals surface area contributed by atoms with E-state index in [9.17, 15) is 0 Å². The van der Waals surface area contributed by atoms with E-state index in [1.165, 1.54) is 16.8 Å². The molecule has 0 spiro atoms. The van der Waals surface area contributed by atoms with E-state index in [0.717, 1.165) is 24.5 Å². The summed E-state index contributed by atoms with van der Waals surface area (Å²) >= 11 is 5.92. The summed E-state index contributed by atoms with van der Waals surface area (Å²) in [5.41, 5.74) is 3.77. The number of hydrogen-bond donors (Lipinski definition) is 1. The number of anilines is 1. The normalized spacial score (nSPS) is 12.1. The Morgan fingerprint density at radius 1 is 1.10 bits per heavy atom. The number of nitrogens with one attached hydrogen (secondary N) is 1. The second kappa shape index (κ2) is 8.06. The monoisotopic (exact) mass is 303 g/mol. The SMILES string of the molecule is COCCc1ccccc1NC(C)Cc1ccc(Cl)cc1. The summed E-state index contributed by atoms with van der Waals surface area (Å²) in [6.45, 7) is 2.94. The number of hydrogen-bond acceptors (Lipinski definition) is 2. The van der Waals surface area contributed by atoms with Crippen LogP contribution in [0.25, 0.3) is 0 Å². The molecule has 0 heterocycles. The van der Waals surface area contributed by atoms with Crippen molar-refractivity contribution >= 4 is 17.3 Å². The molecule has 21 heavy (non-hydrogen) atoms. The van der Waals surface area contributed by atoms with E-state index in [1.807, 2.05) is 12.1 Å². The third-order valence-electron chi connectivity index (χ3n) is 3.45. The van der Waals surface area contributed by atoms with E-state index in [1.54, 1.807) is 7.11 Å². The Bertz CT molecular complexity index is 553. The van der Waals surface area contributed by atoms with Crippen LogP contribution in [0.4, 0.5) is 5.69 Å². The maximum atomic E-state index is 5.92. The minimum absolute atomic E-state index is 0.356. The number of rotatable bonds is 7. The average Bonchev–Trinajstić information content (AvgIpc) is 2.49. The molecule has 0 aromatic heterocycles. The smallest absolute Gasteiger partial charge is 0.0503 e. The second-order valence-electron chi connectivity index (χ2n) is 5.28. The van der Waals surface area contributed by atoms with Crippen LogP contribution in [0.15, 0.2) is 48.5 Å². The van der Waals surface area contributed by atoms with Gasteiger partial charge < -0.3 is 10.1 Å². The van der Waals surface area contributed by atoms with E-state index in [0.29, 0.717) is 6.04 Å². The molecule has 2 nitrogen and oxygen atoms in total. The van der Waals surface area contributed by atoms with Crippen molar-refractivity contribution in [3.63, 3.8) is 0 Å². The predicted octanol–water partition coefficient (Wildman–Crippen LogP) is 4.57. The number of benzene rings is 2. The molecule has 3 heteroatoms. The van der Waals surface area contributed by atoms with Crippen LogP contribution in [0.5, 0.6) is 0 Å². The van der Waals surface area contributed by atoms with E-state index < -0.39 is 0 Å². The lowest BCUT2D eigenvalue weighted by molar-refractivity contribution is 0.202. The Morgan fingerprint density at radius 2 is 1.81 bits per heavy atom. The summed E-state index contributed by atoms with van der Waals surface area (Å²) in [5, 5.41) is 4.38. The molecule has 0 bridgehead atoms. The van der Waals surface area contributed by atoms with Gasteiger partial charge in [0.25, 0.3) is 0 Å². The van der Waals surface area contributed by atoms with Gasteiger partial charge in [-0.25, -0.2) is 0 Å². The minimum atomic E-state index is 0.356. The number of para-hydroxylation sites is 1. The lowest BCUT2D eigenvalue weighted by atomic mass is 10.1. The van der Waals surface area contributed by atoms with Crippen molar-refractivity contribution in [2.75, 3.05) is 19.0 Å². The van der Waals surface area contributed by atoms with Crippen molar-refractivity contribution < 1.29 is 4.74 Å². The van der Waals surface area contributed by atoms with Crippen LogP contribution in [0.3, 0.4) is 0 Å². The zero-order valence-electron chi connectivity index (χ0n) is 12.6. The van der Waals surface area contributed by atoms with Gasteiger partial charge in [0.2, 0.25) is 0 Å². The standard InChI is InChI=1S/C18H22ClNO/c1-14(13-15-7-9-17(19)10-8-15)20-18-6-4-3-5-16(18)11-12-21-2/h3-10,14,20H,11-13H2,1-2H3. The van der Waals surface area contributed by atoms with Crippen LogP contribution < -0.4 is 5.32 Å². The molecule has 0 aliphatic carbocycles. The van der Waals surface area contributed by atoms with Crippen molar-refractivity contribution in [3.05, 3.63) is 64.7 Å². The lowest BCUT2D eigenvalue weighted by Gasteiger charge is -2.18. The van der Waals surface area contributed by atoms with Gasteiger partial charge >= 0.3 is 0 Å².